The van der Waals surface area contributed by atoms with Crippen molar-refractivity contribution < 1.29 is 14.3 Å². The molecule has 0 saturated heterocycles. The van der Waals surface area contributed by atoms with Gasteiger partial charge in [-0.15, -0.1) is 21.2 Å². The van der Waals surface area contributed by atoms with Crippen LogP contribution in [0, 0.1) is 15.7 Å². The highest BCUT2D eigenvalue weighted by atomic mass is 32.1. The summed E-state index contributed by atoms with van der Waals surface area (Å²) in [4.78, 5) is 48.0. The van der Waals surface area contributed by atoms with Crippen LogP contribution in [0.3, 0.4) is 0 Å². The van der Waals surface area contributed by atoms with E-state index in [1.165, 1.54) is 48.1 Å². The van der Waals surface area contributed by atoms with Crippen molar-refractivity contribution in [3.05, 3.63) is 73.5 Å². The molecule has 0 spiro atoms. The number of nitrogens with one attached hydrogen (secondary N) is 1. The molecule has 2 aliphatic carbocycles. The van der Waals surface area contributed by atoms with Crippen LogP contribution in [0.25, 0.3) is 10.4 Å². The molecule has 4 rings (SSSR count). The number of hydrogen-bond donors (Lipinski definition) is 1. The molecule has 0 aliphatic heterocycles. The normalized spacial score (nSPS) is 17.5. The Hall–Kier alpha value is -3.79. The Morgan fingerprint density at radius 3 is 2.60 bits per heavy atom. The molecule has 2 aromatic rings. The number of hydrazone groups is 1. The van der Waals surface area contributed by atoms with E-state index in [4.69, 9.17) is 0 Å². The molecule has 35 heavy (non-hydrogen) atoms. The number of amides is 1. The number of allylic oxidation sites excluding steroid dienone is 1. The molecule has 1 heterocycles. The van der Waals surface area contributed by atoms with E-state index in [0.717, 1.165) is 29.7 Å². The van der Waals surface area contributed by atoms with Crippen LogP contribution < -0.4 is 5.43 Å². The summed E-state index contributed by atoms with van der Waals surface area (Å²) in [6, 6.07) is 6.28. The average Bonchev–Trinajstić information content (AvgIpc) is 3.34. The van der Waals surface area contributed by atoms with Gasteiger partial charge < -0.3 is 4.74 Å². The third-order valence-corrected chi connectivity index (χ3v) is 7.26. The predicted octanol–water partition coefficient (Wildman–Crippen LogP) is 5.30. The maximum atomic E-state index is 12.6. The summed E-state index contributed by atoms with van der Waals surface area (Å²) in [6.07, 6.45) is 7.42. The molecule has 0 saturated carbocycles. The minimum absolute atomic E-state index is 0.0286. The highest BCUT2D eigenvalue weighted by Crippen LogP contribution is 2.41. The van der Waals surface area contributed by atoms with Crippen molar-refractivity contribution in [1.29, 1.82) is 0 Å². The van der Waals surface area contributed by atoms with Gasteiger partial charge in [-0.2, -0.15) is 5.10 Å². The van der Waals surface area contributed by atoms with Crippen molar-refractivity contribution in [2.75, 3.05) is 7.11 Å². The van der Waals surface area contributed by atoms with Crippen molar-refractivity contribution in [3.8, 4) is 10.4 Å². The fourth-order valence-corrected chi connectivity index (χ4v) is 5.36. The fourth-order valence-electron chi connectivity index (χ4n) is 4.32. The summed E-state index contributed by atoms with van der Waals surface area (Å²) in [5.74, 6) is -1.90. The van der Waals surface area contributed by atoms with E-state index >= 15 is 0 Å². The van der Waals surface area contributed by atoms with E-state index in [2.05, 4.69) is 37.8 Å². The summed E-state index contributed by atoms with van der Waals surface area (Å²) in [7, 11) is 1.20. The van der Waals surface area contributed by atoms with Gasteiger partial charge in [-0.1, -0.05) is 18.2 Å². The Labute approximate surface area is 205 Å². The number of benzene rings is 1. The summed E-state index contributed by atoms with van der Waals surface area (Å²) < 4.78 is 4.63. The van der Waals surface area contributed by atoms with Gasteiger partial charge in [-0.05, 0) is 78.2 Å². The third-order valence-electron chi connectivity index (χ3n) is 6.24. The van der Waals surface area contributed by atoms with Crippen molar-refractivity contribution in [2.24, 2.45) is 21.4 Å². The lowest BCUT2D eigenvalue weighted by Gasteiger charge is -2.16. The van der Waals surface area contributed by atoms with E-state index in [1.807, 2.05) is 6.07 Å². The number of aryl methyl sites for hydroxylation is 2. The zero-order valence-electron chi connectivity index (χ0n) is 19.4. The Kier molecular flexibility index (Phi) is 7.40. The van der Waals surface area contributed by atoms with Crippen molar-refractivity contribution in [1.82, 2.24) is 5.43 Å². The summed E-state index contributed by atoms with van der Waals surface area (Å²) >= 11 is 1.41. The van der Waals surface area contributed by atoms with Gasteiger partial charge in [0, 0.05) is 10.9 Å². The van der Waals surface area contributed by atoms with E-state index in [0.29, 0.717) is 11.3 Å². The molecule has 1 N–H and O–H groups in total. The molecule has 1 atom stereocenters. The number of fused-ring (bicyclic) bond motifs is 1. The molecular weight excluding hydrogens is 468 g/mol. The quantitative estimate of drug-likeness (QED) is 0.243. The molecule has 0 bridgehead atoms. The number of carbonyl (C=O) groups excluding carboxylic acids is 2. The first kappa shape index (κ1) is 24.3. The second kappa shape index (κ2) is 10.6. The highest BCUT2D eigenvalue weighted by molar-refractivity contribution is 7.14. The lowest BCUT2D eigenvalue weighted by Crippen LogP contribution is -2.28. The monoisotopic (exact) mass is 492 g/mol. The topological polar surface area (TPSA) is 127 Å². The Morgan fingerprint density at radius 1 is 1.11 bits per heavy atom. The molecule has 180 valence electrons. The van der Waals surface area contributed by atoms with Crippen molar-refractivity contribution in [2.45, 2.75) is 39.0 Å². The van der Waals surface area contributed by atoms with Gasteiger partial charge in [-0.3, -0.25) is 4.79 Å². The first-order chi connectivity index (χ1) is 17.0. The van der Waals surface area contributed by atoms with E-state index in [-0.39, 0.29) is 23.4 Å². The van der Waals surface area contributed by atoms with Crippen LogP contribution in [0.15, 0.2) is 62.5 Å². The number of esters is 1. The molecule has 1 unspecified atom stereocenters. The van der Waals surface area contributed by atoms with Gasteiger partial charge in [-0.25, -0.2) is 10.2 Å². The molecule has 0 fully saturated rings. The van der Waals surface area contributed by atoms with Crippen LogP contribution in [-0.4, -0.2) is 24.7 Å². The average molecular weight is 493 g/mol. The summed E-state index contributed by atoms with van der Waals surface area (Å²) in [6.45, 7) is 1.68. The Morgan fingerprint density at radius 2 is 1.89 bits per heavy atom. The second-order valence-corrected chi connectivity index (χ2v) is 9.26. The van der Waals surface area contributed by atoms with Crippen LogP contribution in [-0.2, 0) is 27.2 Å². The molecule has 10 heteroatoms. The third kappa shape index (κ3) is 5.02. The van der Waals surface area contributed by atoms with Crippen LogP contribution in [0.5, 0.6) is 0 Å². The minimum atomic E-state index is -0.732. The smallest absolute Gasteiger partial charge is 0.339 e. The molecule has 2 aliphatic rings. The highest BCUT2D eigenvalue weighted by Gasteiger charge is 2.26. The molecule has 1 aromatic carbocycles. The van der Waals surface area contributed by atoms with Crippen LogP contribution >= 0.6 is 11.3 Å². The number of rotatable bonds is 7. The van der Waals surface area contributed by atoms with Gasteiger partial charge in [0.25, 0.3) is 0 Å². The largest absolute Gasteiger partial charge is 0.465 e. The number of nitroso groups, excluding NO2 is 2. The molecule has 0 radical (unpaired) electrons. The lowest BCUT2D eigenvalue weighted by atomic mass is 9.90. The lowest BCUT2D eigenvalue weighted by molar-refractivity contribution is -0.136. The summed E-state index contributed by atoms with van der Waals surface area (Å²) in [5, 5.41) is 12.1. The standard InChI is InChI=1S/C25H24N4O5S/c1-14(26-27-24(30)18-9-10-19(25(31)34-2)21(12-18)28-32)20-13-35-23(22(20)29-33)17-8-7-15-5-3-4-6-16(15)11-17/h7-8,10-13,18H,3-6,9H2,1-2H3,(H,27,30)/b26-14+. The van der Waals surface area contributed by atoms with Crippen LogP contribution in [0.4, 0.5) is 5.69 Å². The molecule has 1 amide bonds. The SMILES string of the molecule is COC(=O)C1=CCC(C(=O)N/N=C(\C)c2csc(-c3ccc4c(c3)CCCC4)c2N=O)C=C1N=O. The number of ether oxygens (including phenoxy) is 1. The van der Waals surface area contributed by atoms with E-state index in [1.54, 1.807) is 12.3 Å². The molecular formula is C25H24N4O5S. The van der Waals surface area contributed by atoms with Crippen LogP contribution in [0.2, 0.25) is 0 Å². The van der Waals surface area contributed by atoms with Crippen molar-refractivity contribution >= 4 is 34.6 Å². The molecule has 1 aromatic heterocycles. The number of nitrogens with zero attached hydrogens (tertiary/aromatic N) is 3. The fraction of sp³-hybridized carbons (Fsp3) is 0.320. The van der Waals surface area contributed by atoms with Gasteiger partial charge in [0.2, 0.25) is 5.91 Å². The first-order valence-electron chi connectivity index (χ1n) is 11.2. The van der Waals surface area contributed by atoms with Gasteiger partial charge >= 0.3 is 5.97 Å². The zero-order valence-corrected chi connectivity index (χ0v) is 20.2. The van der Waals surface area contributed by atoms with E-state index < -0.39 is 17.8 Å². The minimum Gasteiger partial charge on any atom is -0.465 e. The van der Waals surface area contributed by atoms with Crippen molar-refractivity contribution in [3.63, 3.8) is 0 Å². The van der Waals surface area contributed by atoms with Gasteiger partial charge in [0.05, 0.1) is 29.2 Å². The number of methoxy groups -OCH3 is 1. The Bertz CT molecular complexity index is 1290. The van der Waals surface area contributed by atoms with E-state index in [9.17, 15) is 19.4 Å². The molecule has 9 nitrogen and oxygen atoms in total. The number of hydrogen-bond acceptors (Lipinski definition) is 9. The van der Waals surface area contributed by atoms with Crippen LogP contribution in [0.1, 0.15) is 42.9 Å². The number of carbonyl (C=O) groups is 2. The van der Waals surface area contributed by atoms with Gasteiger partial charge in [0.1, 0.15) is 11.4 Å². The van der Waals surface area contributed by atoms with Gasteiger partial charge in [0.15, 0.2) is 0 Å². The zero-order chi connectivity index (χ0) is 24.9. The summed E-state index contributed by atoms with van der Waals surface area (Å²) in [5.41, 5.74) is 7.22. The first-order valence-corrected chi connectivity index (χ1v) is 12.1. The predicted molar refractivity (Wildman–Crippen MR) is 134 cm³/mol. The maximum absolute atomic E-state index is 12.6. The second-order valence-electron chi connectivity index (χ2n) is 8.38. The maximum Gasteiger partial charge on any atom is 0.339 e. The Balaban J connectivity index is 1.51. The number of thiophene rings is 1.